The third-order valence-corrected chi connectivity index (χ3v) is 4.00. The minimum absolute atomic E-state index is 0.425. The first-order valence-electron chi connectivity index (χ1n) is 6.92. The monoisotopic (exact) mass is 321 g/mol. The number of rotatable bonds is 6. The number of thioether (sulfide) groups is 1. The first kappa shape index (κ1) is 16.2. The molecule has 1 N–H and O–H groups in total. The number of benzene rings is 2. The lowest BCUT2D eigenvalue weighted by molar-refractivity contribution is 0.469. The standard InChI is InChI=1S/C17H20ClNOS/c1-12(2)19-11-13-4-5-14(18)10-17(13)20-15-6-8-16(21-3)9-7-15/h4-10,12,19H,11H2,1-3H3. The van der Waals surface area contributed by atoms with E-state index in [0.29, 0.717) is 11.1 Å². The number of ether oxygens (including phenoxy) is 1. The molecule has 2 aromatic rings. The topological polar surface area (TPSA) is 21.3 Å². The molecular weight excluding hydrogens is 302 g/mol. The van der Waals surface area contributed by atoms with Crippen LogP contribution in [0.5, 0.6) is 11.5 Å². The van der Waals surface area contributed by atoms with Crippen molar-refractivity contribution in [3.63, 3.8) is 0 Å². The molecule has 0 radical (unpaired) electrons. The van der Waals surface area contributed by atoms with Crippen molar-refractivity contribution >= 4 is 23.4 Å². The fraction of sp³-hybridized carbons (Fsp3) is 0.294. The van der Waals surface area contributed by atoms with Crippen LogP contribution in [-0.2, 0) is 6.54 Å². The molecule has 0 aliphatic heterocycles. The zero-order valence-electron chi connectivity index (χ0n) is 12.5. The van der Waals surface area contributed by atoms with Gasteiger partial charge in [-0.3, -0.25) is 0 Å². The van der Waals surface area contributed by atoms with Gasteiger partial charge < -0.3 is 10.1 Å². The van der Waals surface area contributed by atoms with Gasteiger partial charge in [-0.15, -0.1) is 11.8 Å². The van der Waals surface area contributed by atoms with E-state index in [9.17, 15) is 0 Å². The van der Waals surface area contributed by atoms with E-state index in [-0.39, 0.29) is 0 Å². The number of hydrogen-bond acceptors (Lipinski definition) is 3. The SMILES string of the molecule is CSc1ccc(Oc2cc(Cl)ccc2CNC(C)C)cc1. The molecule has 2 aromatic carbocycles. The van der Waals surface area contributed by atoms with Crippen molar-refractivity contribution in [2.45, 2.75) is 31.3 Å². The zero-order valence-corrected chi connectivity index (χ0v) is 14.1. The van der Waals surface area contributed by atoms with Crippen LogP contribution in [0.3, 0.4) is 0 Å². The summed E-state index contributed by atoms with van der Waals surface area (Å²) in [5.41, 5.74) is 1.10. The van der Waals surface area contributed by atoms with Crippen LogP contribution in [0.2, 0.25) is 5.02 Å². The Morgan fingerprint density at radius 2 is 1.86 bits per heavy atom. The van der Waals surface area contributed by atoms with Crippen LogP contribution >= 0.6 is 23.4 Å². The van der Waals surface area contributed by atoms with Crippen molar-refractivity contribution in [1.82, 2.24) is 5.32 Å². The Morgan fingerprint density at radius 1 is 1.14 bits per heavy atom. The van der Waals surface area contributed by atoms with Crippen LogP contribution in [-0.4, -0.2) is 12.3 Å². The number of halogens is 1. The molecule has 0 aromatic heterocycles. The Labute approximate surface area is 135 Å². The molecule has 0 atom stereocenters. The van der Waals surface area contributed by atoms with Gasteiger partial charge in [-0.2, -0.15) is 0 Å². The van der Waals surface area contributed by atoms with Crippen molar-refractivity contribution < 1.29 is 4.74 Å². The number of nitrogens with one attached hydrogen (secondary N) is 1. The molecule has 0 saturated heterocycles. The molecule has 0 aliphatic carbocycles. The van der Waals surface area contributed by atoms with Gasteiger partial charge in [-0.1, -0.05) is 31.5 Å². The van der Waals surface area contributed by atoms with Gasteiger partial charge in [-0.25, -0.2) is 0 Å². The van der Waals surface area contributed by atoms with E-state index >= 15 is 0 Å². The van der Waals surface area contributed by atoms with Crippen LogP contribution in [0.4, 0.5) is 0 Å². The molecule has 2 nitrogen and oxygen atoms in total. The lowest BCUT2D eigenvalue weighted by atomic mass is 10.2. The van der Waals surface area contributed by atoms with Crippen molar-refractivity contribution in [2.24, 2.45) is 0 Å². The summed E-state index contributed by atoms with van der Waals surface area (Å²) in [6, 6.07) is 14.2. The second-order valence-electron chi connectivity index (χ2n) is 5.07. The predicted molar refractivity (Wildman–Crippen MR) is 91.7 cm³/mol. The Kier molecular flexibility index (Phi) is 5.97. The zero-order chi connectivity index (χ0) is 15.2. The lowest BCUT2D eigenvalue weighted by Gasteiger charge is -2.14. The molecule has 2 rings (SSSR count). The quantitative estimate of drug-likeness (QED) is 0.724. The van der Waals surface area contributed by atoms with Crippen molar-refractivity contribution in [1.29, 1.82) is 0 Å². The third-order valence-electron chi connectivity index (χ3n) is 3.02. The molecule has 0 spiro atoms. The summed E-state index contributed by atoms with van der Waals surface area (Å²) >= 11 is 7.80. The van der Waals surface area contributed by atoms with E-state index in [4.69, 9.17) is 16.3 Å². The maximum absolute atomic E-state index is 6.09. The highest BCUT2D eigenvalue weighted by atomic mass is 35.5. The van der Waals surface area contributed by atoms with E-state index < -0.39 is 0 Å². The second kappa shape index (κ2) is 7.74. The van der Waals surface area contributed by atoms with Gasteiger partial charge in [0.05, 0.1) is 0 Å². The summed E-state index contributed by atoms with van der Waals surface area (Å²) < 4.78 is 5.99. The summed E-state index contributed by atoms with van der Waals surface area (Å²) in [5, 5.41) is 4.08. The molecule has 21 heavy (non-hydrogen) atoms. The summed E-state index contributed by atoms with van der Waals surface area (Å²) in [6.45, 7) is 5.00. The average molecular weight is 322 g/mol. The maximum Gasteiger partial charge on any atom is 0.133 e. The molecule has 0 bridgehead atoms. The molecule has 0 unspecified atom stereocenters. The Balaban J connectivity index is 2.18. The smallest absolute Gasteiger partial charge is 0.133 e. The molecule has 4 heteroatoms. The van der Waals surface area contributed by atoms with Gasteiger partial charge in [0.1, 0.15) is 11.5 Å². The maximum atomic E-state index is 6.09. The van der Waals surface area contributed by atoms with Crippen LogP contribution in [0.25, 0.3) is 0 Å². The molecule has 0 aliphatic rings. The van der Waals surface area contributed by atoms with E-state index in [1.54, 1.807) is 11.8 Å². The van der Waals surface area contributed by atoms with E-state index in [0.717, 1.165) is 23.6 Å². The van der Waals surface area contributed by atoms with Crippen molar-refractivity contribution in [3.8, 4) is 11.5 Å². The van der Waals surface area contributed by atoms with Crippen LogP contribution in [0, 0.1) is 0 Å². The minimum atomic E-state index is 0.425. The highest BCUT2D eigenvalue weighted by Crippen LogP contribution is 2.29. The van der Waals surface area contributed by atoms with Crippen LogP contribution in [0.15, 0.2) is 47.4 Å². The van der Waals surface area contributed by atoms with E-state index in [2.05, 4.69) is 37.6 Å². The summed E-state index contributed by atoms with van der Waals surface area (Å²) in [6.07, 6.45) is 2.06. The molecule has 0 heterocycles. The summed E-state index contributed by atoms with van der Waals surface area (Å²) in [7, 11) is 0. The Bertz CT molecular complexity index is 584. The predicted octanol–water partition coefficient (Wildman–Crippen LogP) is 5.35. The third kappa shape index (κ3) is 4.95. The van der Waals surface area contributed by atoms with Gasteiger partial charge in [-0.05, 0) is 42.7 Å². The summed E-state index contributed by atoms with van der Waals surface area (Å²) in [4.78, 5) is 1.22. The molecule has 0 saturated carbocycles. The lowest BCUT2D eigenvalue weighted by Crippen LogP contribution is -2.22. The van der Waals surface area contributed by atoms with Crippen LogP contribution in [0.1, 0.15) is 19.4 Å². The Morgan fingerprint density at radius 3 is 2.48 bits per heavy atom. The number of hydrogen-bond donors (Lipinski definition) is 1. The van der Waals surface area contributed by atoms with E-state index in [1.165, 1.54) is 4.90 Å². The first-order chi connectivity index (χ1) is 10.1. The molecular formula is C17H20ClNOS. The molecule has 0 amide bonds. The van der Waals surface area contributed by atoms with Gasteiger partial charge >= 0.3 is 0 Å². The second-order valence-corrected chi connectivity index (χ2v) is 6.38. The average Bonchev–Trinajstić information content (AvgIpc) is 2.47. The molecule has 0 fully saturated rings. The van der Waals surface area contributed by atoms with E-state index in [1.807, 2.05) is 30.3 Å². The van der Waals surface area contributed by atoms with Gasteiger partial charge in [0.15, 0.2) is 0 Å². The highest BCUT2D eigenvalue weighted by molar-refractivity contribution is 7.98. The largest absolute Gasteiger partial charge is 0.457 e. The van der Waals surface area contributed by atoms with Gasteiger partial charge in [0.2, 0.25) is 0 Å². The first-order valence-corrected chi connectivity index (χ1v) is 8.52. The Hall–Kier alpha value is -1.16. The van der Waals surface area contributed by atoms with Gasteiger partial charge in [0, 0.05) is 28.1 Å². The summed E-state index contributed by atoms with van der Waals surface area (Å²) in [5.74, 6) is 1.62. The van der Waals surface area contributed by atoms with Crippen LogP contribution < -0.4 is 10.1 Å². The minimum Gasteiger partial charge on any atom is -0.457 e. The van der Waals surface area contributed by atoms with Gasteiger partial charge in [0.25, 0.3) is 0 Å². The fourth-order valence-electron chi connectivity index (χ4n) is 1.85. The fourth-order valence-corrected chi connectivity index (χ4v) is 2.42. The molecule has 112 valence electrons. The normalized spacial score (nSPS) is 10.9. The van der Waals surface area contributed by atoms with Crippen molar-refractivity contribution in [2.75, 3.05) is 6.26 Å². The highest BCUT2D eigenvalue weighted by Gasteiger charge is 2.07. The van der Waals surface area contributed by atoms with Crippen molar-refractivity contribution in [3.05, 3.63) is 53.1 Å².